The van der Waals surface area contributed by atoms with Crippen molar-refractivity contribution >= 4 is 54.0 Å². The first-order chi connectivity index (χ1) is 24.8. The van der Waals surface area contributed by atoms with E-state index in [0.717, 1.165) is 38.3 Å². The molecule has 0 N–H and O–H groups in total. The van der Waals surface area contributed by atoms with Crippen LogP contribution in [0.2, 0.25) is 0 Å². The highest BCUT2D eigenvalue weighted by molar-refractivity contribution is 7.22. The van der Waals surface area contributed by atoms with Crippen LogP contribution in [-0.2, 0) is 0 Å². The first-order valence-electron chi connectivity index (χ1n) is 16.7. The Bertz CT molecular complexity index is 2790. The third-order valence-electron chi connectivity index (χ3n) is 9.49. The molecular formula is C45H28N4S. The van der Waals surface area contributed by atoms with Crippen molar-refractivity contribution < 1.29 is 0 Å². The molecule has 4 nitrogen and oxygen atoms in total. The molecule has 10 rings (SSSR count). The van der Waals surface area contributed by atoms with E-state index in [0.29, 0.717) is 17.5 Å². The van der Waals surface area contributed by atoms with Gasteiger partial charge in [-0.15, -0.1) is 11.3 Å². The molecule has 0 bridgehead atoms. The molecular weight excluding hydrogens is 629 g/mol. The summed E-state index contributed by atoms with van der Waals surface area (Å²) in [6, 6.07) is 59.8. The second-order valence-electron chi connectivity index (χ2n) is 12.4. The molecule has 0 atom stereocenters. The predicted octanol–water partition coefficient (Wildman–Crippen LogP) is 12.0. The van der Waals surface area contributed by atoms with Gasteiger partial charge in [-0.2, -0.15) is 0 Å². The van der Waals surface area contributed by atoms with Crippen molar-refractivity contribution in [3.05, 3.63) is 170 Å². The lowest BCUT2D eigenvalue weighted by Gasteiger charge is -2.14. The predicted molar refractivity (Wildman–Crippen MR) is 209 cm³/mol. The molecule has 0 aliphatic carbocycles. The number of hydrogen-bond donors (Lipinski definition) is 0. The van der Waals surface area contributed by atoms with Gasteiger partial charge >= 0.3 is 0 Å². The van der Waals surface area contributed by atoms with E-state index in [1.165, 1.54) is 37.2 Å². The zero-order valence-electron chi connectivity index (χ0n) is 26.9. The number of fused-ring (bicyclic) bond motifs is 5. The molecule has 5 heteroatoms. The maximum absolute atomic E-state index is 5.21. The van der Waals surface area contributed by atoms with Gasteiger partial charge in [0.05, 0.1) is 21.6 Å². The second-order valence-corrected chi connectivity index (χ2v) is 13.5. The van der Waals surface area contributed by atoms with E-state index in [1.54, 1.807) is 11.3 Å². The molecule has 0 aliphatic heterocycles. The van der Waals surface area contributed by atoms with E-state index < -0.39 is 0 Å². The summed E-state index contributed by atoms with van der Waals surface area (Å²) in [7, 11) is 0. The van der Waals surface area contributed by atoms with Crippen LogP contribution in [0.3, 0.4) is 0 Å². The molecule has 0 spiro atoms. The van der Waals surface area contributed by atoms with Crippen molar-refractivity contribution in [3.63, 3.8) is 0 Å². The molecule has 0 saturated carbocycles. The second kappa shape index (κ2) is 11.6. The van der Waals surface area contributed by atoms with Gasteiger partial charge in [-0.25, -0.2) is 15.0 Å². The summed E-state index contributed by atoms with van der Waals surface area (Å²) >= 11 is 1.71. The first-order valence-corrected chi connectivity index (χ1v) is 17.5. The lowest BCUT2D eigenvalue weighted by atomic mass is 9.97. The van der Waals surface area contributed by atoms with Crippen molar-refractivity contribution in [3.8, 4) is 50.3 Å². The third kappa shape index (κ3) is 4.71. The van der Waals surface area contributed by atoms with Crippen LogP contribution in [0, 0.1) is 0 Å². The van der Waals surface area contributed by atoms with Crippen molar-refractivity contribution in [1.29, 1.82) is 0 Å². The topological polar surface area (TPSA) is 43.6 Å². The lowest BCUT2D eigenvalue weighted by molar-refractivity contribution is 1.07. The standard InChI is InChI=1S/C45H28N4S/c1-3-15-33-29(12-1)14-11-19-34(33)30-24-26-31(27-25-30)43-46-44(48-45(47-43)42-28-32-13-2-10-23-41(32)50-42)37-18-6-9-22-40(37)49-38-20-7-4-16-35(38)36-17-5-8-21-39(36)49/h1-28H. The molecule has 50 heavy (non-hydrogen) atoms. The smallest absolute Gasteiger partial charge is 0.174 e. The number of hydrogen-bond acceptors (Lipinski definition) is 4. The maximum Gasteiger partial charge on any atom is 0.174 e. The van der Waals surface area contributed by atoms with Gasteiger partial charge in [-0.05, 0) is 63.7 Å². The fraction of sp³-hybridized carbons (Fsp3) is 0. The fourth-order valence-electron chi connectivity index (χ4n) is 7.14. The van der Waals surface area contributed by atoms with Crippen LogP contribution in [0.1, 0.15) is 0 Å². The number of thiophene rings is 1. The number of aromatic nitrogens is 4. The van der Waals surface area contributed by atoms with Crippen LogP contribution < -0.4 is 0 Å². The highest BCUT2D eigenvalue weighted by atomic mass is 32.1. The van der Waals surface area contributed by atoms with E-state index in [9.17, 15) is 0 Å². The minimum Gasteiger partial charge on any atom is -0.309 e. The Morgan fingerprint density at radius 3 is 1.74 bits per heavy atom. The SMILES string of the molecule is c1ccc(-n2c3ccccc3c3ccccc32)c(-c2nc(-c3ccc(-c4cccc5ccccc45)cc3)nc(-c3cc4ccccc4s3)n2)c1. The number of para-hydroxylation sites is 3. The zero-order chi connectivity index (χ0) is 33.0. The van der Waals surface area contributed by atoms with E-state index in [2.05, 4.69) is 174 Å². The normalized spacial score (nSPS) is 11.6. The molecule has 234 valence electrons. The maximum atomic E-state index is 5.21. The van der Waals surface area contributed by atoms with Crippen molar-refractivity contribution in [2.24, 2.45) is 0 Å². The number of nitrogens with zero attached hydrogens (tertiary/aromatic N) is 4. The van der Waals surface area contributed by atoms with Gasteiger partial charge in [0.1, 0.15) is 0 Å². The van der Waals surface area contributed by atoms with E-state index in [4.69, 9.17) is 15.0 Å². The van der Waals surface area contributed by atoms with Crippen LogP contribution in [-0.4, -0.2) is 19.5 Å². The highest BCUT2D eigenvalue weighted by Crippen LogP contribution is 2.38. The highest BCUT2D eigenvalue weighted by Gasteiger charge is 2.19. The molecule has 7 aromatic carbocycles. The molecule has 0 radical (unpaired) electrons. The van der Waals surface area contributed by atoms with Crippen LogP contribution in [0.5, 0.6) is 0 Å². The number of rotatable bonds is 5. The Kier molecular flexibility index (Phi) is 6.64. The Morgan fingerprint density at radius 2 is 0.960 bits per heavy atom. The summed E-state index contributed by atoms with van der Waals surface area (Å²) in [5.74, 6) is 1.95. The summed E-state index contributed by atoms with van der Waals surface area (Å²) in [6.07, 6.45) is 0. The van der Waals surface area contributed by atoms with Crippen molar-refractivity contribution in [2.75, 3.05) is 0 Å². The Hall–Kier alpha value is -6.43. The average molecular weight is 657 g/mol. The number of benzene rings is 7. The van der Waals surface area contributed by atoms with Crippen LogP contribution in [0.4, 0.5) is 0 Å². The quantitative estimate of drug-likeness (QED) is 0.185. The summed E-state index contributed by atoms with van der Waals surface area (Å²) in [5.41, 5.74) is 7.55. The molecule has 0 fully saturated rings. The van der Waals surface area contributed by atoms with E-state index in [-0.39, 0.29) is 0 Å². The zero-order valence-corrected chi connectivity index (χ0v) is 27.7. The molecule has 0 unspecified atom stereocenters. The minimum atomic E-state index is 0.637. The van der Waals surface area contributed by atoms with Crippen molar-refractivity contribution in [1.82, 2.24) is 19.5 Å². The Labute approximate surface area is 292 Å². The lowest BCUT2D eigenvalue weighted by Crippen LogP contribution is -2.03. The monoisotopic (exact) mass is 656 g/mol. The summed E-state index contributed by atoms with van der Waals surface area (Å²) in [4.78, 5) is 16.5. The molecule has 3 heterocycles. The average Bonchev–Trinajstić information content (AvgIpc) is 3.77. The van der Waals surface area contributed by atoms with Gasteiger partial charge in [0.25, 0.3) is 0 Å². The van der Waals surface area contributed by atoms with Gasteiger partial charge in [0, 0.05) is 26.6 Å². The fourth-order valence-corrected chi connectivity index (χ4v) is 8.14. The summed E-state index contributed by atoms with van der Waals surface area (Å²) in [6.45, 7) is 0. The molecule has 0 saturated heterocycles. The summed E-state index contributed by atoms with van der Waals surface area (Å²) < 4.78 is 3.54. The van der Waals surface area contributed by atoms with E-state index >= 15 is 0 Å². The van der Waals surface area contributed by atoms with Gasteiger partial charge in [0.2, 0.25) is 0 Å². The van der Waals surface area contributed by atoms with Crippen LogP contribution in [0.15, 0.2) is 170 Å². The van der Waals surface area contributed by atoms with Gasteiger partial charge < -0.3 is 4.57 Å². The Balaban J connectivity index is 1.17. The van der Waals surface area contributed by atoms with Gasteiger partial charge in [0.15, 0.2) is 17.5 Å². The molecule has 0 aliphatic rings. The van der Waals surface area contributed by atoms with Gasteiger partial charge in [-0.3, -0.25) is 0 Å². The molecule has 0 amide bonds. The first kappa shape index (κ1) is 28.6. The van der Waals surface area contributed by atoms with E-state index in [1.807, 2.05) is 0 Å². The van der Waals surface area contributed by atoms with Crippen LogP contribution >= 0.6 is 11.3 Å². The molecule has 3 aromatic heterocycles. The Morgan fingerprint density at radius 1 is 0.400 bits per heavy atom. The largest absolute Gasteiger partial charge is 0.309 e. The van der Waals surface area contributed by atoms with Gasteiger partial charge in [-0.1, -0.05) is 133 Å². The minimum absolute atomic E-state index is 0.637. The molecule has 10 aromatic rings. The van der Waals surface area contributed by atoms with Crippen LogP contribution in [0.25, 0.3) is 93.0 Å². The summed E-state index contributed by atoms with van der Waals surface area (Å²) in [5, 5.41) is 6.07. The third-order valence-corrected chi connectivity index (χ3v) is 10.6. The van der Waals surface area contributed by atoms with Crippen molar-refractivity contribution in [2.45, 2.75) is 0 Å².